The van der Waals surface area contributed by atoms with Crippen molar-refractivity contribution in [1.29, 1.82) is 0 Å². The van der Waals surface area contributed by atoms with Gasteiger partial charge in [-0.2, -0.15) is 0 Å². The molecule has 2 aromatic carbocycles. The molecule has 29 heavy (non-hydrogen) atoms. The summed E-state index contributed by atoms with van der Waals surface area (Å²) in [5, 5.41) is 1.92. The van der Waals surface area contributed by atoms with Crippen molar-refractivity contribution in [2.75, 3.05) is 5.32 Å². The van der Waals surface area contributed by atoms with Crippen LogP contribution in [0.4, 0.5) is 27.6 Å². The Hall–Kier alpha value is -2.53. The maximum absolute atomic E-state index is 14.1. The third-order valence-electron chi connectivity index (χ3n) is 4.47. The number of carbonyl (C=O) groups excluding carboxylic acids is 1. The lowest BCUT2D eigenvalue weighted by atomic mass is 10.2. The topological polar surface area (TPSA) is 75.3 Å². The zero-order valence-electron chi connectivity index (χ0n) is 14.7. The van der Waals surface area contributed by atoms with E-state index in [0.29, 0.717) is 31.0 Å². The Kier molecular flexibility index (Phi) is 5.90. The summed E-state index contributed by atoms with van der Waals surface area (Å²) in [4.78, 5) is 11.3. The molecule has 1 aliphatic carbocycles. The number of anilines is 1. The van der Waals surface area contributed by atoms with E-state index in [-0.39, 0.29) is 6.07 Å². The van der Waals surface area contributed by atoms with Crippen LogP contribution in [0.25, 0.3) is 0 Å². The molecule has 1 aliphatic rings. The van der Waals surface area contributed by atoms with Gasteiger partial charge < -0.3 is 5.32 Å². The minimum atomic E-state index is -4.38. The first-order chi connectivity index (χ1) is 13.6. The summed E-state index contributed by atoms with van der Waals surface area (Å²) in [6, 6.07) is 1.23. The Morgan fingerprint density at radius 2 is 1.45 bits per heavy atom. The number of hydrogen-bond donors (Lipinski definition) is 2. The molecule has 1 amide bonds. The van der Waals surface area contributed by atoms with Gasteiger partial charge in [0.25, 0.3) is 5.91 Å². The predicted molar refractivity (Wildman–Crippen MR) is 93.2 cm³/mol. The lowest BCUT2D eigenvalue weighted by Crippen LogP contribution is -2.33. The molecule has 0 radical (unpaired) electrons. The molecule has 1 saturated carbocycles. The predicted octanol–water partition coefficient (Wildman–Crippen LogP) is 3.86. The number of benzene rings is 2. The van der Waals surface area contributed by atoms with Crippen LogP contribution in [0.5, 0.6) is 0 Å². The van der Waals surface area contributed by atoms with Gasteiger partial charge in [-0.25, -0.2) is 35.1 Å². The SMILES string of the molecule is O=C(Nc1cc(F)c(F)c(F)c1)c1cc(S(=O)(=O)NC2CCCC2)c(F)cc1F. The number of halogens is 5. The van der Waals surface area contributed by atoms with Gasteiger partial charge in [0.15, 0.2) is 17.5 Å². The van der Waals surface area contributed by atoms with Gasteiger partial charge in [0.1, 0.15) is 16.5 Å². The fourth-order valence-electron chi connectivity index (χ4n) is 3.06. The Morgan fingerprint density at radius 1 is 0.862 bits per heavy atom. The van der Waals surface area contributed by atoms with Crippen LogP contribution in [0.1, 0.15) is 36.0 Å². The van der Waals surface area contributed by atoms with Gasteiger partial charge in [0.05, 0.1) is 5.56 Å². The van der Waals surface area contributed by atoms with Crippen LogP contribution < -0.4 is 10.0 Å². The fraction of sp³-hybridized carbons (Fsp3) is 0.278. The van der Waals surface area contributed by atoms with Crippen molar-refractivity contribution in [2.45, 2.75) is 36.6 Å². The lowest BCUT2D eigenvalue weighted by Gasteiger charge is -2.14. The minimum absolute atomic E-state index is 0.226. The Morgan fingerprint density at radius 3 is 2.03 bits per heavy atom. The van der Waals surface area contributed by atoms with E-state index in [0.717, 1.165) is 12.8 Å². The molecule has 3 rings (SSSR count). The summed E-state index contributed by atoms with van der Waals surface area (Å²) >= 11 is 0. The normalized spacial score (nSPS) is 14.9. The fourth-order valence-corrected chi connectivity index (χ4v) is 4.45. The zero-order valence-corrected chi connectivity index (χ0v) is 15.6. The van der Waals surface area contributed by atoms with E-state index in [2.05, 4.69) is 4.72 Å². The highest BCUT2D eigenvalue weighted by Crippen LogP contribution is 2.25. The van der Waals surface area contributed by atoms with Crippen molar-refractivity contribution in [2.24, 2.45) is 0 Å². The van der Waals surface area contributed by atoms with Gasteiger partial charge in [-0.3, -0.25) is 4.79 Å². The van der Waals surface area contributed by atoms with Crippen LogP contribution in [0.3, 0.4) is 0 Å². The molecule has 0 aromatic heterocycles. The largest absolute Gasteiger partial charge is 0.322 e. The highest BCUT2D eigenvalue weighted by Gasteiger charge is 2.28. The van der Waals surface area contributed by atoms with E-state index in [9.17, 15) is 35.2 Å². The van der Waals surface area contributed by atoms with E-state index < -0.39 is 67.2 Å². The quantitative estimate of drug-likeness (QED) is 0.555. The number of rotatable bonds is 5. The zero-order chi connectivity index (χ0) is 21.3. The first-order valence-electron chi connectivity index (χ1n) is 8.56. The summed E-state index contributed by atoms with van der Waals surface area (Å²) in [6.45, 7) is 0. The summed E-state index contributed by atoms with van der Waals surface area (Å²) in [6.07, 6.45) is 2.74. The molecule has 1 fully saturated rings. The average molecular weight is 434 g/mol. The Balaban J connectivity index is 1.91. The molecule has 5 nitrogen and oxygen atoms in total. The second kappa shape index (κ2) is 8.07. The standard InChI is InChI=1S/C18H15F5N2O3S/c19-12-8-13(20)16(29(27,28)25-9-3-1-2-4-9)7-11(12)18(26)24-10-5-14(21)17(23)15(22)6-10/h5-9,25H,1-4H2,(H,24,26). The summed E-state index contributed by atoms with van der Waals surface area (Å²) in [7, 11) is -4.38. The van der Waals surface area contributed by atoms with Crippen LogP contribution in [0.15, 0.2) is 29.2 Å². The Labute approximate surface area is 163 Å². The Bertz CT molecular complexity index is 1050. The lowest BCUT2D eigenvalue weighted by molar-refractivity contribution is 0.102. The molecule has 0 unspecified atom stereocenters. The molecule has 156 valence electrons. The molecular formula is C18H15F5N2O3S. The first-order valence-corrected chi connectivity index (χ1v) is 10.0. The van der Waals surface area contributed by atoms with Gasteiger partial charge in [0.2, 0.25) is 10.0 Å². The van der Waals surface area contributed by atoms with E-state index in [4.69, 9.17) is 0 Å². The van der Waals surface area contributed by atoms with Gasteiger partial charge in [-0.1, -0.05) is 12.8 Å². The van der Waals surface area contributed by atoms with Gasteiger partial charge in [-0.05, 0) is 18.9 Å². The van der Waals surface area contributed by atoms with Crippen LogP contribution in [0, 0.1) is 29.1 Å². The molecule has 0 aliphatic heterocycles. The van der Waals surface area contributed by atoms with E-state index >= 15 is 0 Å². The highest BCUT2D eigenvalue weighted by molar-refractivity contribution is 7.89. The van der Waals surface area contributed by atoms with E-state index in [1.54, 1.807) is 0 Å². The van der Waals surface area contributed by atoms with Crippen molar-refractivity contribution >= 4 is 21.6 Å². The molecule has 0 spiro atoms. The third kappa shape index (κ3) is 4.56. The second-order valence-corrected chi connectivity index (χ2v) is 8.26. The second-order valence-electron chi connectivity index (χ2n) is 6.57. The van der Waals surface area contributed by atoms with Gasteiger partial charge >= 0.3 is 0 Å². The maximum atomic E-state index is 14.1. The molecular weight excluding hydrogens is 419 g/mol. The van der Waals surface area contributed by atoms with Gasteiger partial charge in [0, 0.05) is 29.9 Å². The van der Waals surface area contributed by atoms with Crippen LogP contribution >= 0.6 is 0 Å². The molecule has 0 atom stereocenters. The molecule has 0 saturated heterocycles. The summed E-state index contributed by atoms with van der Waals surface area (Å²) in [5.74, 6) is -9.04. The van der Waals surface area contributed by atoms with Crippen LogP contribution in [-0.2, 0) is 10.0 Å². The molecule has 11 heteroatoms. The molecule has 2 N–H and O–H groups in total. The van der Waals surface area contributed by atoms with Crippen LogP contribution in [-0.4, -0.2) is 20.4 Å². The number of carbonyl (C=O) groups is 1. The minimum Gasteiger partial charge on any atom is -0.322 e. The van der Waals surface area contributed by atoms with Crippen molar-refractivity contribution in [3.8, 4) is 0 Å². The average Bonchev–Trinajstić information content (AvgIpc) is 3.11. The van der Waals surface area contributed by atoms with Crippen LogP contribution in [0.2, 0.25) is 0 Å². The molecule has 0 bridgehead atoms. The summed E-state index contributed by atoms with van der Waals surface area (Å²) in [5.41, 5.74) is -1.41. The monoisotopic (exact) mass is 434 g/mol. The third-order valence-corrected chi connectivity index (χ3v) is 6.01. The first kappa shape index (κ1) is 21.2. The summed E-state index contributed by atoms with van der Waals surface area (Å²) < 4.78 is 94.9. The van der Waals surface area contributed by atoms with Crippen molar-refractivity contribution in [1.82, 2.24) is 4.72 Å². The highest BCUT2D eigenvalue weighted by atomic mass is 32.2. The van der Waals surface area contributed by atoms with Crippen molar-refractivity contribution < 1.29 is 35.2 Å². The number of sulfonamides is 1. The number of hydrogen-bond acceptors (Lipinski definition) is 3. The molecule has 0 heterocycles. The smallest absolute Gasteiger partial charge is 0.258 e. The van der Waals surface area contributed by atoms with E-state index in [1.165, 1.54) is 0 Å². The van der Waals surface area contributed by atoms with Gasteiger partial charge in [-0.15, -0.1) is 0 Å². The van der Waals surface area contributed by atoms with Crippen molar-refractivity contribution in [3.63, 3.8) is 0 Å². The van der Waals surface area contributed by atoms with Crippen molar-refractivity contribution in [3.05, 3.63) is 58.9 Å². The maximum Gasteiger partial charge on any atom is 0.258 e. The number of amides is 1. The molecule has 2 aromatic rings. The van der Waals surface area contributed by atoms with E-state index in [1.807, 2.05) is 5.32 Å². The number of nitrogens with one attached hydrogen (secondary N) is 2.